The van der Waals surface area contributed by atoms with Crippen molar-refractivity contribution in [1.82, 2.24) is 10.2 Å². The second-order valence-corrected chi connectivity index (χ2v) is 7.00. The highest BCUT2D eigenvalue weighted by Gasteiger charge is 2.22. The van der Waals surface area contributed by atoms with E-state index in [4.69, 9.17) is 21.7 Å². The quantitative estimate of drug-likeness (QED) is 0.728. The van der Waals surface area contributed by atoms with Crippen LogP contribution >= 0.6 is 12.2 Å². The lowest BCUT2D eigenvalue weighted by Crippen LogP contribution is -2.42. The minimum absolute atomic E-state index is 0.185. The summed E-state index contributed by atoms with van der Waals surface area (Å²) in [6.45, 7) is 2.72. The lowest BCUT2D eigenvalue weighted by Gasteiger charge is -2.29. The van der Waals surface area contributed by atoms with Crippen LogP contribution in [0.15, 0.2) is 48.5 Å². The molecule has 144 valence electrons. The van der Waals surface area contributed by atoms with Crippen LogP contribution in [-0.4, -0.2) is 36.4 Å². The highest BCUT2D eigenvalue weighted by molar-refractivity contribution is 7.80. The number of nitrogens with one attached hydrogen (secondary N) is 1. The molecule has 0 bridgehead atoms. The van der Waals surface area contributed by atoms with Gasteiger partial charge in [0.1, 0.15) is 11.6 Å². The van der Waals surface area contributed by atoms with Crippen LogP contribution in [0.1, 0.15) is 24.0 Å². The fourth-order valence-electron chi connectivity index (χ4n) is 3.18. The predicted octanol–water partition coefficient (Wildman–Crippen LogP) is 3.89. The second-order valence-electron chi connectivity index (χ2n) is 6.61. The molecule has 3 rings (SSSR count). The number of rotatable bonds is 7. The molecule has 0 aliphatic carbocycles. The minimum Gasteiger partial charge on any atom is -0.496 e. The van der Waals surface area contributed by atoms with E-state index in [0.717, 1.165) is 42.9 Å². The van der Waals surface area contributed by atoms with Crippen molar-refractivity contribution >= 4 is 17.3 Å². The molecule has 1 unspecified atom stereocenters. The van der Waals surface area contributed by atoms with Crippen molar-refractivity contribution in [1.29, 1.82) is 0 Å². The summed E-state index contributed by atoms with van der Waals surface area (Å²) in [5.74, 6) is 0.605. The lowest BCUT2D eigenvalue weighted by atomic mass is 10.1. The molecule has 1 N–H and O–H groups in total. The second kappa shape index (κ2) is 9.67. The van der Waals surface area contributed by atoms with Gasteiger partial charge in [-0.1, -0.05) is 30.3 Å². The van der Waals surface area contributed by atoms with E-state index >= 15 is 0 Å². The largest absolute Gasteiger partial charge is 0.496 e. The number of nitrogens with zero attached hydrogens (tertiary/aromatic N) is 1. The van der Waals surface area contributed by atoms with Crippen molar-refractivity contribution < 1.29 is 13.9 Å². The zero-order valence-electron chi connectivity index (χ0n) is 15.5. The van der Waals surface area contributed by atoms with Gasteiger partial charge in [0.05, 0.1) is 13.2 Å². The molecule has 0 saturated carbocycles. The summed E-state index contributed by atoms with van der Waals surface area (Å²) >= 11 is 5.66. The van der Waals surface area contributed by atoms with Crippen molar-refractivity contribution in [3.8, 4) is 5.75 Å². The van der Waals surface area contributed by atoms with E-state index in [1.54, 1.807) is 19.2 Å². The van der Waals surface area contributed by atoms with Gasteiger partial charge in [-0.2, -0.15) is 0 Å². The number of methoxy groups -OCH3 is 1. The monoisotopic (exact) mass is 388 g/mol. The standard InChI is InChI=1S/C21H25FN2O2S/c1-25-20-7-3-2-5-17(20)14-24(15-19-6-4-12-26-19)21(27)23-13-16-8-10-18(22)11-9-16/h2-3,5,7-11,19H,4,6,12-15H2,1H3,(H,23,27). The zero-order chi connectivity index (χ0) is 19.1. The maximum Gasteiger partial charge on any atom is 0.169 e. The fourth-order valence-corrected chi connectivity index (χ4v) is 3.40. The molecule has 6 heteroatoms. The van der Waals surface area contributed by atoms with Gasteiger partial charge in [0.15, 0.2) is 5.11 Å². The van der Waals surface area contributed by atoms with Crippen LogP contribution in [0, 0.1) is 5.82 Å². The van der Waals surface area contributed by atoms with E-state index in [1.807, 2.05) is 24.3 Å². The van der Waals surface area contributed by atoms with Crippen LogP contribution in [-0.2, 0) is 17.8 Å². The van der Waals surface area contributed by atoms with E-state index in [1.165, 1.54) is 12.1 Å². The molecule has 0 amide bonds. The van der Waals surface area contributed by atoms with Crippen LogP contribution < -0.4 is 10.1 Å². The van der Waals surface area contributed by atoms with Gasteiger partial charge in [0.25, 0.3) is 0 Å². The number of thiocarbonyl (C=S) groups is 1. The van der Waals surface area contributed by atoms with Crippen molar-refractivity contribution in [2.24, 2.45) is 0 Å². The van der Waals surface area contributed by atoms with Crippen molar-refractivity contribution in [3.63, 3.8) is 0 Å². The van der Waals surface area contributed by atoms with E-state index in [2.05, 4.69) is 10.2 Å². The van der Waals surface area contributed by atoms with E-state index < -0.39 is 0 Å². The molecule has 2 aromatic carbocycles. The average Bonchev–Trinajstić information content (AvgIpc) is 3.20. The third-order valence-corrected chi connectivity index (χ3v) is 5.05. The van der Waals surface area contributed by atoms with Crippen molar-refractivity contribution in [3.05, 3.63) is 65.5 Å². The van der Waals surface area contributed by atoms with Gasteiger partial charge in [-0.25, -0.2) is 4.39 Å². The highest BCUT2D eigenvalue weighted by atomic mass is 32.1. The molecule has 1 aliphatic heterocycles. The molecule has 0 aromatic heterocycles. The maximum atomic E-state index is 13.1. The van der Waals surface area contributed by atoms with Crippen LogP contribution in [0.3, 0.4) is 0 Å². The first-order valence-electron chi connectivity index (χ1n) is 9.16. The maximum absolute atomic E-state index is 13.1. The molecule has 1 heterocycles. The van der Waals surface area contributed by atoms with Crippen molar-refractivity contribution in [2.75, 3.05) is 20.3 Å². The smallest absolute Gasteiger partial charge is 0.169 e. The minimum atomic E-state index is -0.238. The Labute approximate surface area is 165 Å². The molecular formula is C21H25FN2O2S. The number of ether oxygens (including phenoxy) is 2. The molecule has 0 radical (unpaired) electrons. The SMILES string of the molecule is COc1ccccc1CN(CC1CCCO1)C(=S)NCc1ccc(F)cc1. The lowest BCUT2D eigenvalue weighted by molar-refractivity contribution is 0.0895. The van der Waals surface area contributed by atoms with Crippen molar-refractivity contribution in [2.45, 2.75) is 32.0 Å². The molecule has 1 fully saturated rings. The first kappa shape index (κ1) is 19.6. The van der Waals surface area contributed by atoms with E-state index in [9.17, 15) is 4.39 Å². The molecule has 4 nitrogen and oxygen atoms in total. The Morgan fingerprint density at radius 2 is 2.04 bits per heavy atom. The number of para-hydroxylation sites is 1. The molecule has 1 aliphatic rings. The molecule has 27 heavy (non-hydrogen) atoms. The molecular weight excluding hydrogens is 363 g/mol. The predicted molar refractivity (Wildman–Crippen MR) is 108 cm³/mol. The van der Waals surface area contributed by atoms with Gasteiger partial charge in [0, 0.05) is 31.8 Å². The van der Waals surface area contributed by atoms with Gasteiger partial charge in [-0.15, -0.1) is 0 Å². The van der Waals surface area contributed by atoms with Crippen LogP contribution in [0.25, 0.3) is 0 Å². The third kappa shape index (κ3) is 5.65. The summed E-state index contributed by atoms with van der Waals surface area (Å²) in [5.41, 5.74) is 2.05. The molecule has 1 atom stereocenters. The van der Waals surface area contributed by atoms with E-state index in [0.29, 0.717) is 18.2 Å². The van der Waals surface area contributed by atoms with Gasteiger partial charge < -0.3 is 19.7 Å². The summed E-state index contributed by atoms with van der Waals surface area (Å²) in [5, 5.41) is 3.94. The Bertz CT molecular complexity index is 748. The first-order valence-corrected chi connectivity index (χ1v) is 9.57. The Morgan fingerprint density at radius 3 is 2.74 bits per heavy atom. The van der Waals surface area contributed by atoms with Gasteiger partial charge >= 0.3 is 0 Å². The van der Waals surface area contributed by atoms with Crippen LogP contribution in [0.2, 0.25) is 0 Å². The Balaban J connectivity index is 1.67. The highest BCUT2D eigenvalue weighted by Crippen LogP contribution is 2.21. The Kier molecular flexibility index (Phi) is 7.01. The first-order chi connectivity index (χ1) is 13.2. The Hall–Kier alpha value is -2.18. The topological polar surface area (TPSA) is 33.7 Å². The summed E-state index contributed by atoms with van der Waals surface area (Å²) in [4.78, 5) is 2.12. The molecule has 1 saturated heterocycles. The number of benzene rings is 2. The summed E-state index contributed by atoms with van der Waals surface area (Å²) in [7, 11) is 1.67. The van der Waals surface area contributed by atoms with Gasteiger partial charge in [-0.05, 0) is 48.8 Å². The average molecular weight is 389 g/mol. The van der Waals surface area contributed by atoms with Gasteiger partial charge in [-0.3, -0.25) is 0 Å². The fraction of sp³-hybridized carbons (Fsp3) is 0.381. The van der Waals surface area contributed by atoms with E-state index in [-0.39, 0.29) is 11.9 Å². The number of hydrogen-bond acceptors (Lipinski definition) is 3. The number of halogens is 1. The summed E-state index contributed by atoms with van der Waals surface area (Å²) < 4.78 is 24.4. The third-order valence-electron chi connectivity index (χ3n) is 4.65. The van der Waals surface area contributed by atoms with Gasteiger partial charge in [0.2, 0.25) is 0 Å². The summed E-state index contributed by atoms with van der Waals surface area (Å²) in [6, 6.07) is 14.4. The zero-order valence-corrected chi connectivity index (χ0v) is 16.3. The summed E-state index contributed by atoms with van der Waals surface area (Å²) in [6.07, 6.45) is 2.32. The molecule has 2 aromatic rings. The normalized spacial score (nSPS) is 16.1. The number of hydrogen-bond donors (Lipinski definition) is 1. The van der Waals surface area contributed by atoms with Crippen LogP contribution in [0.5, 0.6) is 5.75 Å². The van der Waals surface area contributed by atoms with Crippen LogP contribution in [0.4, 0.5) is 4.39 Å². The Morgan fingerprint density at radius 1 is 1.26 bits per heavy atom. The molecule has 0 spiro atoms.